The lowest BCUT2D eigenvalue weighted by Crippen LogP contribution is -2.62. The van der Waals surface area contributed by atoms with Gasteiger partial charge in [0, 0.05) is 12.1 Å². The number of phenolic OH excluding ortho intramolecular Hbond substituents is 1. The highest BCUT2D eigenvalue weighted by atomic mass is 32.1. The predicted octanol–water partition coefficient (Wildman–Crippen LogP) is 3.46. The van der Waals surface area contributed by atoms with Gasteiger partial charge in [-0.25, -0.2) is 0 Å². The number of aromatic hydroxyl groups is 1. The number of ether oxygens (including phenoxy) is 1. The van der Waals surface area contributed by atoms with E-state index in [1.54, 1.807) is 24.3 Å². The van der Waals surface area contributed by atoms with Crippen molar-refractivity contribution < 1.29 is 14.6 Å². The maximum Gasteiger partial charge on any atom is 0.261 e. The van der Waals surface area contributed by atoms with E-state index in [4.69, 9.17) is 4.74 Å². The van der Waals surface area contributed by atoms with Crippen LogP contribution >= 0.6 is 11.3 Å². The van der Waals surface area contributed by atoms with Gasteiger partial charge in [-0.2, -0.15) is 0 Å². The van der Waals surface area contributed by atoms with Gasteiger partial charge in [0.05, 0.1) is 4.88 Å². The molecule has 0 spiro atoms. The van der Waals surface area contributed by atoms with E-state index in [0.717, 1.165) is 13.1 Å². The molecule has 0 saturated carbocycles. The van der Waals surface area contributed by atoms with Crippen LogP contribution in [-0.4, -0.2) is 41.1 Å². The number of rotatable bonds is 4. The number of hydrogen-bond acceptors (Lipinski definition) is 5. The van der Waals surface area contributed by atoms with Crippen molar-refractivity contribution in [1.29, 1.82) is 0 Å². The molecular formula is C19H22N2O3S. The number of amides is 1. The molecule has 3 saturated heterocycles. The van der Waals surface area contributed by atoms with Gasteiger partial charge in [-0.05, 0) is 75.2 Å². The van der Waals surface area contributed by atoms with Crippen LogP contribution in [0.15, 0.2) is 36.4 Å². The first-order valence-corrected chi connectivity index (χ1v) is 9.53. The normalized spacial score (nSPS) is 27.9. The number of piperidine rings is 3. The number of carbonyl (C=O) groups excluding carboxylic acids is 1. The van der Waals surface area contributed by atoms with Gasteiger partial charge < -0.3 is 15.2 Å². The number of carbonyl (C=O) groups is 1. The van der Waals surface area contributed by atoms with Crippen LogP contribution in [0.4, 0.5) is 0 Å². The lowest BCUT2D eigenvalue weighted by atomic mass is 9.79. The molecule has 1 amide bonds. The van der Waals surface area contributed by atoms with Gasteiger partial charge in [0.2, 0.25) is 0 Å². The minimum absolute atomic E-state index is 0.0174. The van der Waals surface area contributed by atoms with E-state index < -0.39 is 0 Å². The molecule has 25 heavy (non-hydrogen) atoms. The van der Waals surface area contributed by atoms with Crippen molar-refractivity contribution in [2.45, 2.75) is 31.8 Å². The van der Waals surface area contributed by atoms with Crippen LogP contribution in [0, 0.1) is 5.92 Å². The van der Waals surface area contributed by atoms with Crippen molar-refractivity contribution in [2.75, 3.05) is 13.1 Å². The first kappa shape index (κ1) is 16.4. The minimum atomic E-state index is -0.0174. The Balaban J connectivity index is 1.41. The standard InChI is InChI=1S/C19H22N2O3S/c1-12-18(13-8-10-21(12)11-9-13)20-19(23)16-6-7-17(25-16)24-15-4-2-14(22)3-5-15/h2-7,12-13,18,22H,8-11H2,1H3,(H,20,23). The van der Waals surface area contributed by atoms with Crippen molar-refractivity contribution >= 4 is 17.2 Å². The second-order valence-corrected chi connectivity index (χ2v) is 7.87. The number of benzene rings is 1. The SMILES string of the molecule is CC1C(NC(=O)c2ccc(Oc3ccc(O)cc3)s2)C2CCN1CC2. The quantitative estimate of drug-likeness (QED) is 0.879. The van der Waals surface area contributed by atoms with Crippen molar-refractivity contribution in [1.82, 2.24) is 10.2 Å². The molecule has 5 rings (SSSR count). The van der Waals surface area contributed by atoms with Crippen LogP contribution in [0.25, 0.3) is 0 Å². The smallest absolute Gasteiger partial charge is 0.261 e. The Labute approximate surface area is 151 Å². The zero-order chi connectivity index (χ0) is 17.4. The average molecular weight is 358 g/mol. The monoisotopic (exact) mass is 358 g/mol. The molecule has 3 fully saturated rings. The Morgan fingerprint density at radius 2 is 1.92 bits per heavy atom. The fourth-order valence-corrected chi connectivity index (χ4v) is 4.67. The van der Waals surface area contributed by atoms with E-state index in [1.807, 2.05) is 12.1 Å². The Bertz CT molecular complexity index is 748. The van der Waals surface area contributed by atoms with Crippen LogP contribution < -0.4 is 10.1 Å². The molecule has 2 aromatic rings. The van der Waals surface area contributed by atoms with Crippen LogP contribution in [0.5, 0.6) is 16.6 Å². The van der Waals surface area contributed by atoms with Gasteiger partial charge in [0.15, 0.2) is 5.06 Å². The van der Waals surface area contributed by atoms with Gasteiger partial charge in [0.25, 0.3) is 5.91 Å². The van der Waals surface area contributed by atoms with Gasteiger partial charge in [-0.15, -0.1) is 0 Å². The summed E-state index contributed by atoms with van der Waals surface area (Å²) in [4.78, 5) is 15.8. The highest BCUT2D eigenvalue weighted by Gasteiger charge is 2.40. The molecular weight excluding hydrogens is 336 g/mol. The molecule has 2 atom stereocenters. The summed E-state index contributed by atoms with van der Waals surface area (Å²) in [5, 5.41) is 13.2. The highest BCUT2D eigenvalue weighted by molar-refractivity contribution is 7.15. The van der Waals surface area contributed by atoms with E-state index >= 15 is 0 Å². The van der Waals surface area contributed by atoms with Gasteiger partial charge in [0.1, 0.15) is 11.5 Å². The molecule has 0 radical (unpaired) electrons. The minimum Gasteiger partial charge on any atom is -0.508 e. The Hall–Kier alpha value is -2.05. The van der Waals surface area contributed by atoms with Crippen LogP contribution in [-0.2, 0) is 0 Å². The maximum atomic E-state index is 12.6. The topological polar surface area (TPSA) is 61.8 Å². The van der Waals surface area contributed by atoms with E-state index in [0.29, 0.717) is 27.6 Å². The third-order valence-electron chi connectivity index (χ3n) is 5.34. The van der Waals surface area contributed by atoms with E-state index in [9.17, 15) is 9.90 Å². The molecule has 132 valence electrons. The molecule has 3 aliphatic heterocycles. The highest BCUT2D eigenvalue weighted by Crippen LogP contribution is 2.33. The molecule has 4 heterocycles. The summed E-state index contributed by atoms with van der Waals surface area (Å²) < 4.78 is 5.74. The number of thiophene rings is 1. The second-order valence-electron chi connectivity index (χ2n) is 6.83. The summed E-state index contributed by atoms with van der Waals surface area (Å²) in [6, 6.07) is 10.8. The zero-order valence-corrected chi connectivity index (χ0v) is 15.0. The van der Waals surface area contributed by atoms with Gasteiger partial charge >= 0.3 is 0 Å². The lowest BCUT2D eigenvalue weighted by Gasteiger charge is -2.49. The van der Waals surface area contributed by atoms with E-state index in [2.05, 4.69) is 17.1 Å². The van der Waals surface area contributed by atoms with Crippen LogP contribution in [0.3, 0.4) is 0 Å². The number of hydrogen-bond donors (Lipinski definition) is 2. The largest absolute Gasteiger partial charge is 0.508 e. The Morgan fingerprint density at radius 3 is 2.60 bits per heavy atom. The van der Waals surface area contributed by atoms with Crippen molar-refractivity contribution in [3.05, 3.63) is 41.3 Å². The summed E-state index contributed by atoms with van der Waals surface area (Å²) >= 11 is 1.34. The van der Waals surface area contributed by atoms with Gasteiger partial charge in [-0.3, -0.25) is 9.69 Å². The predicted molar refractivity (Wildman–Crippen MR) is 97.5 cm³/mol. The lowest BCUT2D eigenvalue weighted by molar-refractivity contribution is 0.0218. The molecule has 1 aromatic heterocycles. The number of nitrogens with zero attached hydrogens (tertiary/aromatic N) is 1. The third kappa shape index (κ3) is 3.37. The van der Waals surface area contributed by atoms with Crippen molar-refractivity contribution in [2.24, 2.45) is 5.92 Å². The summed E-state index contributed by atoms with van der Waals surface area (Å²) in [6.07, 6.45) is 2.35. The summed E-state index contributed by atoms with van der Waals surface area (Å²) in [5.41, 5.74) is 0. The van der Waals surface area contributed by atoms with Gasteiger partial charge in [-0.1, -0.05) is 11.3 Å². The number of phenols is 1. The maximum absolute atomic E-state index is 12.6. The molecule has 6 heteroatoms. The molecule has 1 aromatic carbocycles. The Morgan fingerprint density at radius 1 is 1.20 bits per heavy atom. The summed E-state index contributed by atoms with van der Waals surface area (Å²) in [6.45, 7) is 4.52. The fraction of sp³-hybridized carbons (Fsp3) is 0.421. The van der Waals surface area contributed by atoms with Crippen LogP contribution in [0.1, 0.15) is 29.4 Å². The molecule has 2 N–H and O–H groups in total. The Kier molecular flexibility index (Phi) is 4.39. The second kappa shape index (κ2) is 6.69. The van der Waals surface area contributed by atoms with Crippen molar-refractivity contribution in [3.63, 3.8) is 0 Å². The molecule has 2 unspecified atom stereocenters. The summed E-state index contributed by atoms with van der Waals surface area (Å²) in [7, 11) is 0. The molecule has 0 aliphatic carbocycles. The average Bonchev–Trinajstić information content (AvgIpc) is 3.09. The zero-order valence-electron chi connectivity index (χ0n) is 14.1. The first-order valence-electron chi connectivity index (χ1n) is 8.72. The summed E-state index contributed by atoms with van der Waals surface area (Å²) in [5.74, 6) is 1.41. The van der Waals surface area contributed by atoms with Crippen LogP contribution in [0.2, 0.25) is 0 Å². The van der Waals surface area contributed by atoms with Crippen molar-refractivity contribution in [3.8, 4) is 16.6 Å². The van der Waals surface area contributed by atoms with E-state index in [-0.39, 0.29) is 17.7 Å². The fourth-order valence-electron chi connectivity index (χ4n) is 3.90. The van der Waals surface area contributed by atoms with E-state index in [1.165, 1.54) is 24.2 Å². The molecule has 5 nitrogen and oxygen atoms in total. The molecule has 3 aliphatic rings. The third-order valence-corrected chi connectivity index (χ3v) is 6.30. The first-order chi connectivity index (χ1) is 12.1. The molecule has 2 bridgehead atoms. The number of fused-ring (bicyclic) bond motifs is 3. The number of nitrogens with one attached hydrogen (secondary N) is 1.